The van der Waals surface area contributed by atoms with Gasteiger partial charge in [-0.3, -0.25) is 9.63 Å². The topological polar surface area (TPSA) is 55.8 Å². The van der Waals surface area contributed by atoms with E-state index in [9.17, 15) is 9.59 Å². The van der Waals surface area contributed by atoms with Crippen molar-refractivity contribution in [2.75, 3.05) is 0 Å². The molecule has 1 aliphatic heterocycles. The van der Waals surface area contributed by atoms with Crippen LogP contribution in [0.5, 0.6) is 0 Å². The second-order valence-electron chi connectivity index (χ2n) is 9.44. The molecular weight excluding hydrogens is 366 g/mol. The van der Waals surface area contributed by atoms with Crippen LogP contribution >= 0.6 is 0 Å². The highest BCUT2D eigenvalue weighted by atomic mass is 16.7. The monoisotopic (exact) mass is 407 g/mol. The average molecular weight is 408 g/mol. The summed E-state index contributed by atoms with van der Waals surface area (Å²) in [5.41, 5.74) is 0.569. The molecule has 5 nitrogen and oxygen atoms in total. The number of esters is 1. The van der Waals surface area contributed by atoms with E-state index in [1.807, 2.05) is 6.92 Å². The van der Waals surface area contributed by atoms with Gasteiger partial charge in [0.15, 0.2) is 0 Å². The zero-order chi connectivity index (χ0) is 22.2. The first-order valence-corrected chi connectivity index (χ1v) is 10.9. The molecule has 0 N–H and O–H groups in total. The van der Waals surface area contributed by atoms with Crippen molar-refractivity contribution < 1.29 is 19.2 Å². The van der Waals surface area contributed by atoms with Crippen molar-refractivity contribution in [1.29, 1.82) is 0 Å². The SMILES string of the molecule is CC/C=C\C=C(/C)C(C)ON1C(C)(C)CC(OC(=O)CC(C=O)CC)CC1(C)C. The van der Waals surface area contributed by atoms with Crippen molar-refractivity contribution in [3.8, 4) is 0 Å². The molecule has 0 aromatic heterocycles. The van der Waals surface area contributed by atoms with Crippen LogP contribution in [0.15, 0.2) is 23.8 Å². The third kappa shape index (κ3) is 7.71. The van der Waals surface area contributed by atoms with Crippen molar-refractivity contribution >= 4 is 12.3 Å². The first-order chi connectivity index (χ1) is 13.5. The summed E-state index contributed by atoms with van der Waals surface area (Å²) in [6.07, 6.45) is 10.1. The molecule has 0 saturated carbocycles. The van der Waals surface area contributed by atoms with Gasteiger partial charge in [-0.25, -0.2) is 0 Å². The zero-order valence-electron chi connectivity index (χ0n) is 19.7. The Bertz CT molecular complexity index is 588. The number of allylic oxidation sites excluding steroid dienone is 3. The Balaban J connectivity index is 2.83. The Hall–Kier alpha value is -1.46. The molecule has 2 atom stereocenters. The Morgan fingerprint density at radius 3 is 2.24 bits per heavy atom. The minimum atomic E-state index is -0.296. The molecule has 0 spiro atoms. The molecule has 166 valence electrons. The molecule has 0 amide bonds. The maximum atomic E-state index is 12.3. The van der Waals surface area contributed by atoms with Gasteiger partial charge in [0.1, 0.15) is 12.4 Å². The number of hydrogen-bond acceptors (Lipinski definition) is 5. The van der Waals surface area contributed by atoms with Crippen LogP contribution in [0.4, 0.5) is 0 Å². The molecule has 0 aromatic carbocycles. The number of rotatable bonds is 10. The predicted molar refractivity (Wildman–Crippen MR) is 117 cm³/mol. The van der Waals surface area contributed by atoms with Crippen LogP contribution in [0, 0.1) is 5.92 Å². The maximum Gasteiger partial charge on any atom is 0.306 e. The van der Waals surface area contributed by atoms with Gasteiger partial charge in [-0.15, -0.1) is 0 Å². The fraction of sp³-hybridized carbons (Fsp3) is 0.750. The first kappa shape index (κ1) is 25.6. The Kier molecular flexibility index (Phi) is 9.77. The molecular formula is C24H41NO4. The van der Waals surface area contributed by atoms with Gasteiger partial charge in [0.25, 0.3) is 0 Å². The van der Waals surface area contributed by atoms with Gasteiger partial charge in [0, 0.05) is 29.8 Å². The minimum absolute atomic E-state index is 0.0490. The van der Waals surface area contributed by atoms with E-state index in [1.165, 1.54) is 0 Å². The average Bonchev–Trinajstić information content (AvgIpc) is 2.61. The van der Waals surface area contributed by atoms with Crippen LogP contribution in [0.3, 0.4) is 0 Å². The largest absolute Gasteiger partial charge is 0.462 e. The summed E-state index contributed by atoms with van der Waals surface area (Å²) in [7, 11) is 0. The highest BCUT2D eigenvalue weighted by Gasteiger charge is 2.48. The summed E-state index contributed by atoms with van der Waals surface area (Å²) in [6.45, 7) is 16.7. The zero-order valence-corrected chi connectivity index (χ0v) is 19.7. The van der Waals surface area contributed by atoms with E-state index < -0.39 is 0 Å². The molecule has 0 aliphatic carbocycles. The minimum Gasteiger partial charge on any atom is -0.462 e. The summed E-state index contributed by atoms with van der Waals surface area (Å²) in [6, 6.07) is 0. The highest BCUT2D eigenvalue weighted by molar-refractivity contribution is 5.73. The lowest BCUT2D eigenvalue weighted by molar-refractivity contribution is -0.306. The quantitative estimate of drug-likeness (QED) is 0.276. The molecule has 1 aliphatic rings. The Labute approximate surface area is 177 Å². The molecule has 0 bridgehead atoms. The second kappa shape index (κ2) is 11.1. The number of piperidine rings is 1. The summed E-state index contributed by atoms with van der Waals surface area (Å²) >= 11 is 0. The third-order valence-corrected chi connectivity index (χ3v) is 5.63. The van der Waals surface area contributed by atoms with Gasteiger partial charge in [0.2, 0.25) is 0 Å². The van der Waals surface area contributed by atoms with Crippen molar-refractivity contribution in [1.82, 2.24) is 5.06 Å². The summed E-state index contributed by atoms with van der Waals surface area (Å²) < 4.78 is 5.76. The smallest absolute Gasteiger partial charge is 0.306 e. The lowest BCUT2D eigenvalue weighted by Gasteiger charge is -2.54. The van der Waals surface area contributed by atoms with Crippen LogP contribution in [0.2, 0.25) is 0 Å². The van der Waals surface area contributed by atoms with E-state index in [1.54, 1.807) is 0 Å². The normalized spacial score (nSPS) is 22.4. The van der Waals surface area contributed by atoms with Gasteiger partial charge in [-0.2, -0.15) is 5.06 Å². The number of hydroxylamine groups is 2. The van der Waals surface area contributed by atoms with Gasteiger partial charge >= 0.3 is 5.97 Å². The number of carbonyl (C=O) groups excluding carboxylic acids is 2. The van der Waals surface area contributed by atoms with Crippen molar-refractivity contribution in [2.24, 2.45) is 5.92 Å². The van der Waals surface area contributed by atoms with Crippen LogP contribution in [0.25, 0.3) is 0 Å². The molecule has 2 unspecified atom stereocenters. The number of aldehydes is 1. The third-order valence-electron chi connectivity index (χ3n) is 5.63. The molecule has 1 saturated heterocycles. The number of carbonyl (C=O) groups is 2. The molecule has 1 heterocycles. The van der Waals surface area contributed by atoms with Crippen molar-refractivity contribution in [3.05, 3.63) is 23.8 Å². The van der Waals surface area contributed by atoms with Gasteiger partial charge in [0.05, 0.1) is 12.5 Å². The number of hydrogen-bond donors (Lipinski definition) is 0. The van der Waals surface area contributed by atoms with Gasteiger partial charge in [-0.1, -0.05) is 32.1 Å². The van der Waals surface area contributed by atoms with E-state index >= 15 is 0 Å². The van der Waals surface area contributed by atoms with Crippen molar-refractivity contribution in [3.63, 3.8) is 0 Å². The Morgan fingerprint density at radius 1 is 1.17 bits per heavy atom. The van der Waals surface area contributed by atoms with Crippen LogP contribution in [0.1, 0.15) is 87.5 Å². The Morgan fingerprint density at radius 2 is 1.76 bits per heavy atom. The predicted octanol–water partition coefficient (Wildman–Crippen LogP) is 5.40. The lowest BCUT2D eigenvalue weighted by Crippen LogP contribution is -2.62. The van der Waals surface area contributed by atoms with Gasteiger partial charge < -0.3 is 9.53 Å². The molecule has 0 aromatic rings. The molecule has 0 radical (unpaired) electrons. The van der Waals surface area contributed by atoms with E-state index in [0.717, 1.165) is 18.3 Å². The molecule has 29 heavy (non-hydrogen) atoms. The molecule has 5 heteroatoms. The summed E-state index contributed by atoms with van der Waals surface area (Å²) in [4.78, 5) is 29.7. The summed E-state index contributed by atoms with van der Waals surface area (Å²) in [5, 5.41) is 2.08. The lowest BCUT2D eigenvalue weighted by atomic mass is 9.80. The van der Waals surface area contributed by atoms with Crippen LogP contribution < -0.4 is 0 Å². The number of ether oxygens (including phenoxy) is 1. The first-order valence-electron chi connectivity index (χ1n) is 10.9. The van der Waals surface area contributed by atoms with Crippen molar-refractivity contribution in [2.45, 2.75) is 111 Å². The maximum absolute atomic E-state index is 12.3. The van der Waals surface area contributed by atoms with E-state index in [4.69, 9.17) is 9.57 Å². The fourth-order valence-corrected chi connectivity index (χ4v) is 4.01. The van der Waals surface area contributed by atoms with Crippen LogP contribution in [-0.2, 0) is 19.2 Å². The second-order valence-corrected chi connectivity index (χ2v) is 9.44. The number of nitrogens with zero attached hydrogens (tertiary/aromatic N) is 1. The van der Waals surface area contributed by atoms with E-state index in [2.05, 4.69) is 71.8 Å². The molecule has 1 fully saturated rings. The van der Waals surface area contributed by atoms with Crippen LogP contribution in [-0.4, -0.2) is 40.6 Å². The van der Waals surface area contributed by atoms with E-state index in [0.29, 0.717) is 19.3 Å². The van der Waals surface area contributed by atoms with Gasteiger partial charge in [-0.05, 0) is 60.0 Å². The fourth-order valence-electron chi connectivity index (χ4n) is 4.01. The summed E-state index contributed by atoms with van der Waals surface area (Å²) in [5.74, 6) is -0.547. The highest BCUT2D eigenvalue weighted by Crippen LogP contribution is 2.40. The molecule has 1 rings (SSSR count). The standard InChI is InChI=1S/C24H41NO4/c1-9-11-12-13-18(3)19(4)29-25-23(5,6)15-21(16-24(25,7)8)28-22(27)14-20(10-2)17-26/h11-13,17,19-21H,9-10,14-16H2,1-8H3/b12-11-,18-13+. The van der Waals surface area contributed by atoms with E-state index in [-0.39, 0.29) is 41.6 Å².